The number of ether oxygens (including phenoxy) is 2. The summed E-state index contributed by atoms with van der Waals surface area (Å²) in [6, 6.07) is 8.17. The molecule has 0 aliphatic carbocycles. The van der Waals surface area contributed by atoms with E-state index < -0.39 is 0 Å². The largest absolute Gasteiger partial charge is 0.497 e. The smallest absolute Gasteiger partial charge is 0.223 e. The third-order valence-electron chi connectivity index (χ3n) is 7.78. The highest BCUT2D eigenvalue weighted by Gasteiger charge is 2.30. The second kappa shape index (κ2) is 11.0. The zero-order chi connectivity index (χ0) is 25.1. The highest BCUT2D eigenvalue weighted by Crippen LogP contribution is 2.29. The molecule has 2 amide bonds. The molecule has 0 bridgehead atoms. The maximum Gasteiger partial charge on any atom is 0.223 e. The van der Waals surface area contributed by atoms with E-state index in [-0.39, 0.29) is 29.9 Å². The van der Waals surface area contributed by atoms with Gasteiger partial charge in [0.15, 0.2) is 0 Å². The Morgan fingerprint density at radius 3 is 2.47 bits per heavy atom. The van der Waals surface area contributed by atoms with Crippen molar-refractivity contribution in [1.82, 2.24) is 30.1 Å². The summed E-state index contributed by atoms with van der Waals surface area (Å²) in [5.74, 6) is 1.09. The van der Waals surface area contributed by atoms with Gasteiger partial charge in [0, 0.05) is 51.6 Å². The van der Waals surface area contributed by atoms with Gasteiger partial charge < -0.3 is 19.7 Å². The predicted octanol–water partition coefficient (Wildman–Crippen LogP) is 1.90. The van der Waals surface area contributed by atoms with Crippen molar-refractivity contribution in [1.29, 1.82) is 0 Å². The molecule has 1 atom stereocenters. The van der Waals surface area contributed by atoms with Crippen molar-refractivity contribution in [3.05, 3.63) is 41.2 Å². The average Bonchev–Trinajstić information content (AvgIpc) is 3.31. The van der Waals surface area contributed by atoms with Crippen molar-refractivity contribution in [3.8, 4) is 5.75 Å². The number of aromatic nitrogens is 3. The molecule has 1 unspecified atom stereocenters. The van der Waals surface area contributed by atoms with Crippen LogP contribution in [0.5, 0.6) is 5.75 Å². The number of carbonyl (C=O) groups is 2. The highest BCUT2D eigenvalue weighted by atomic mass is 16.5. The fourth-order valence-corrected chi connectivity index (χ4v) is 5.43. The summed E-state index contributed by atoms with van der Waals surface area (Å²) < 4.78 is 13.4. The summed E-state index contributed by atoms with van der Waals surface area (Å²) in [6.07, 6.45) is 3.32. The lowest BCUT2D eigenvalue weighted by Gasteiger charge is -2.34. The number of hydrogen-bond acceptors (Lipinski definition) is 7. The molecule has 36 heavy (non-hydrogen) atoms. The first kappa shape index (κ1) is 24.7. The van der Waals surface area contributed by atoms with Gasteiger partial charge in [-0.1, -0.05) is 17.3 Å². The Morgan fingerprint density at radius 1 is 1.08 bits per heavy atom. The van der Waals surface area contributed by atoms with Gasteiger partial charge in [0.2, 0.25) is 11.8 Å². The number of nitrogens with one attached hydrogen (secondary N) is 1. The van der Waals surface area contributed by atoms with E-state index in [1.54, 1.807) is 14.0 Å². The van der Waals surface area contributed by atoms with Crippen LogP contribution in [0.1, 0.15) is 55.7 Å². The second-order valence-electron chi connectivity index (χ2n) is 10.1. The number of methoxy groups -OCH3 is 1. The Bertz CT molecular complexity index is 1050. The molecule has 2 saturated heterocycles. The molecule has 5 rings (SSSR count). The van der Waals surface area contributed by atoms with Crippen LogP contribution in [0.2, 0.25) is 0 Å². The van der Waals surface area contributed by atoms with Gasteiger partial charge in [0.05, 0.1) is 26.0 Å². The zero-order valence-corrected chi connectivity index (χ0v) is 21.2. The van der Waals surface area contributed by atoms with Gasteiger partial charge in [0.1, 0.15) is 17.5 Å². The summed E-state index contributed by atoms with van der Waals surface area (Å²) in [4.78, 5) is 28.5. The van der Waals surface area contributed by atoms with Crippen molar-refractivity contribution in [2.45, 2.75) is 64.4 Å². The predicted molar refractivity (Wildman–Crippen MR) is 132 cm³/mol. The van der Waals surface area contributed by atoms with Crippen LogP contribution >= 0.6 is 0 Å². The average molecular weight is 497 g/mol. The lowest BCUT2D eigenvalue weighted by atomic mass is 9.94. The van der Waals surface area contributed by atoms with Gasteiger partial charge in [-0.05, 0) is 43.4 Å². The minimum atomic E-state index is -0.0491. The quantitative estimate of drug-likeness (QED) is 0.652. The molecular weight excluding hydrogens is 460 g/mol. The third kappa shape index (κ3) is 5.54. The third-order valence-corrected chi connectivity index (χ3v) is 7.78. The Hall–Kier alpha value is -2.98. The van der Waals surface area contributed by atoms with Gasteiger partial charge in [0.25, 0.3) is 0 Å². The summed E-state index contributed by atoms with van der Waals surface area (Å²) in [5.41, 5.74) is 3.13. The Morgan fingerprint density at radius 2 is 1.81 bits per heavy atom. The van der Waals surface area contributed by atoms with Crippen LogP contribution in [0.25, 0.3) is 0 Å². The van der Waals surface area contributed by atoms with E-state index in [4.69, 9.17) is 9.47 Å². The van der Waals surface area contributed by atoms with Crippen LogP contribution in [0.3, 0.4) is 0 Å². The number of likely N-dealkylation sites (tertiary alicyclic amines) is 2. The number of carbonyl (C=O) groups excluding carboxylic acids is 2. The molecule has 1 N–H and O–H groups in total. The molecule has 0 spiro atoms. The second-order valence-corrected chi connectivity index (χ2v) is 10.1. The van der Waals surface area contributed by atoms with Gasteiger partial charge in [-0.25, -0.2) is 4.68 Å². The van der Waals surface area contributed by atoms with Crippen LogP contribution in [0.15, 0.2) is 24.3 Å². The minimum absolute atomic E-state index is 0.0171. The molecule has 0 saturated carbocycles. The number of fused-ring (bicyclic) bond motifs is 1. The summed E-state index contributed by atoms with van der Waals surface area (Å²) in [5, 5.41) is 12.1. The first-order valence-electron chi connectivity index (χ1n) is 12.9. The maximum atomic E-state index is 12.7. The summed E-state index contributed by atoms with van der Waals surface area (Å²) >= 11 is 0. The molecule has 4 heterocycles. The molecule has 10 heteroatoms. The van der Waals surface area contributed by atoms with E-state index in [9.17, 15) is 9.59 Å². The summed E-state index contributed by atoms with van der Waals surface area (Å²) in [6.45, 7) is 6.66. The number of hydrogen-bond donors (Lipinski definition) is 1. The Balaban J connectivity index is 1.08. The van der Waals surface area contributed by atoms with Crippen molar-refractivity contribution >= 4 is 11.8 Å². The highest BCUT2D eigenvalue weighted by molar-refractivity contribution is 5.79. The summed E-state index contributed by atoms with van der Waals surface area (Å²) in [7, 11) is 1.66. The lowest BCUT2D eigenvalue weighted by Crippen LogP contribution is -2.48. The number of amides is 2. The van der Waals surface area contributed by atoms with Crippen molar-refractivity contribution in [3.63, 3.8) is 0 Å². The molecule has 3 aliphatic rings. The molecule has 3 aliphatic heterocycles. The standard InChI is InChI=1S/C26H36N6O4/c1-18(33)31-13-7-20(8-14-31)26(34)27-21-9-11-30(12-10-21)15-23-24-17-36-25(16-32(24)29-28-23)19-3-5-22(35-2)6-4-19/h3-6,20-21,25H,7-17H2,1-2H3,(H,27,34). The number of benzene rings is 1. The molecule has 2 aromatic rings. The minimum Gasteiger partial charge on any atom is -0.497 e. The van der Waals surface area contributed by atoms with Crippen molar-refractivity contribution < 1.29 is 19.1 Å². The van der Waals surface area contributed by atoms with E-state index in [0.29, 0.717) is 26.2 Å². The van der Waals surface area contributed by atoms with Crippen LogP contribution in [-0.2, 0) is 34.0 Å². The number of piperidine rings is 2. The topological polar surface area (TPSA) is 102 Å². The van der Waals surface area contributed by atoms with E-state index >= 15 is 0 Å². The van der Waals surface area contributed by atoms with E-state index in [0.717, 1.165) is 68.0 Å². The van der Waals surface area contributed by atoms with Gasteiger partial charge in [-0.15, -0.1) is 5.10 Å². The van der Waals surface area contributed by atoms with E-state index in [2.05, 4.69) is 20.5 Å². The monoisotopic (exact) mass is 496 g/mol. The van der Waals surface area contributed by atoms with Crippen molar-refractivity contribution in [2.75, 3.05) is 33.3 Å². The Labute approximate surface area is 211 Å². The molecule has 1 aromatic heterocycles. The van der Waals surface area contributed by atoms with Crippen LogP contribution < -0.4 is 10.1 Å². The molecular formula is C26H36N6O4. The first-order chi connectivity index (χ1) is 17.5. The van der Waals surface area contributed by atoms with Gasteiger partial charge in [-0.2, -0.15) is 0 Å². The molecule has 10 nitrogen and oxygen atoms in total. The number of rotatable bonds is 6. The molecule has 0 radical (unpaired) electrons. The Kier molecular flexibility index (Phi) is 7.52. The zero-order valence-electron chi connectivity index (χ0n) is 21.2. The molecule has 2 fully saturated rings. The van der Waals surface area contributed by atoms with E-state index in [1.807, 2.05) is 33.8 Å². The SMILES string of the molecule is COc1ccc(C2Cn3nnc(CN4CCC(NC(=O)C5CCN(C(C)=O)CC5)CC4)c3CO2)cc1. The van der Waals surface area contributed by atoms with Gasteiger partial charge in [-0.3, -0.25) is 14.5 Å². The first-order valence-corrected chi connectivity index (χ1v) is 12.9. The lowest BCUT2D eigenvalue weighted by molar-refractivity contribution is -0.134. The van der Waals surface area contributed by atoms with E-state index in [1.165, 1.54) is 0 Å². The number of nitrogens with zero attached hydrogens (tertiary/aromatic N) is 5. The van der Waals surface area contributed by atoms with Crippen molar-refractivity contribution in [2.24, 2.45) is 5.92 Å². The van der Waals surface area contributed by atoms with Crippen LogP contribution in [-0.4, -0.2) is 75.9 Å². The normalized spacial score (nSPS) is 21.7. The molecule has 194 valence electrons. The fraction of sp³-hybridized carbons (Fsp3) is 0.615. The van der Waals surface area contributed by atoms with Gasteiger partial charge >= 0.3 is 0 Å². The fourth-order valence-electron chi connectivity index (χ4n) is 5.43. The van der Waals surface area contributed by atoms with Crippen LogP contribution in [0.4, 0.5) is 0 Å². The van der Waals surface area contributed by atoms with Crippen LogP contribution in [0, 0.1) is 5.92 Å². The molecule has 1 aromatic carbocycles. The maximum absolute atomic E-state index is 12.7.